The second-order valence-electron chi connectivity index (χ2n) is 6.98. The van der Waals surface area contributed by atoms with Gasteiger partial charge < -0.3 is 9.80 Å². The zero-order chi connectivity index (χ0) is 17.3. The van der Waals surface area contributed by atoms with Crippen LogP contribution in [0.3, 0.4) is 0 Å². The number of hydrogen-bond donors (Lipinski definition) is 0. The third-order valence-corrected chi connectivity index (χ3v) is 5.72. The Morgan fingerprint density at radius 2 is 2.04 bits per heavy atom. The summed E-state index contributed by atoms with van der Waals surface area (Å²) < 4.78 is 23.2. The molecule has 0 radical (unpaired) electrons. The Labute approximate surface area is 143 Å². The first-order chi connectivity index (χ1) is 11.3. The lowest BCUT2D eigenvalue weighted by Crippen LogP contribution is -2.44. The van der Waals surface area contributed by atoms with Crippen LogP contribution >= 0.6 is 0 Å². The van der Waals surface area contributed by atoms with Crippen molar-refractivity contribution in [2.24, 2.45) is 0 Å². The summed E-state index contributed by atoms with van der Waals surface area (Å²) in [6, 6.07) is 3.59. The molecule has 1 aliphatic carbocycles. The van der Waals surface area contributed by atoms with Gasteiger partial charge in [0.05, 0.1) is 5.75 Å². The van der Waals surface area contributed by atoms with Crippen molar-refractivity contribution >= 4 is 21.4 Å². The molecule has 0 aromatic carbocycles. The minimum atomic E-state index is -3.13. The third kappa shape index (κ3) is 4.06. The molecule has 1 saturated heterocycles. The highest BCUT2D eigenvalue weighted by Gasteiger charge is 2.37. The van der Waals surface area contributed by atoms with Crippen LogP contribution in [-0.2, 0) is 9.84 Å². The van der Waals surface area contributed by atoms with Crippen molar-refractivity contribution in [3.05, 3.63) is 24.0 Å². The van der Waals surface area contributed by atoms with Crippen molar-refractivity contribution < 1.29 is 13.2 Å². The fourth-order valence-electron chi connectivity index (χ4n) is 3.44. The van der Waals surface area contributed by atoms with Gasteiger partial charge in [0.15, 0.2) is 0 Å². The number of amides is 1. The lowest BCUT2D eigenvalue weighted by atomic mass is 10.2. The van der Waals surface area contributed by atoms with Crippen molar-refractivity contribution in [1.82, 2.24) is 9.88 Å². The molecule has 1 saturated carbocycles. The van der Waals surface area contributed by atoms with Crippen LogP contribution in [0.1, 0.15) is 43.1 Å². The van der Waals surface area contributed by atoms with E-state index in [2.05, 4.69) is 9.88 Å². The average molecular weight is 351 g/mol. The zero-order valence-electron chi connectivity index (χ0n) is 14.3. The van der Waals surface area contributed by atoms with Gasteiger partial charge in [0, 0.05) is 43.3 Å². The number of hydrogen-bond acceptors (Lipinski definition) is 5. The predicted octanol–water partition coefficient (Wildman–Crippen LogP) is 1.72. The SMILES string of the molecule is CC(CS(C)(=O)=O)N(C(=O)c1cc(N2CCCC2)ccn1)C1CC1. The van der Waals surface area contributed by atoms with E-state index in [0.717, 1.165) is 31.6 Å². The number of rotatable bonds is 6. The molecule has 1 atom stereocenters. The maximum Gasteiger partial charge on any atom is 0.273 e. The molecule has 1 amide bonds. The summed E-state index contributed by atoms with van der Waals surface area (Å²) in [5, 5.41) is 0. The lowest BCUT2D eigenvalue weighted by molar-refractivity contribution is 0.0686. The number of pyridine rings is 1. The Hall–Kier alpha value is -1.63. The molecule has 3 rings (SSSR count). The normalized spacial score (nSPS) is 19.3. The van der Waals surface area contributed by atoms with Gasteiger partial charge in [-0.05, 0) is 44.7 Å². The molecule has 24 heavy (non-hydrogen) atoms. The predicted molar refractivity (Wildman–Crippen MR) is 94.0 cm³/mol. The molecule has 1 aliphatic heterocycles. The second kappa shape index (κ2) is 6.70. The van der Waals surface area contributed by atoms with Crippen LogP contribution in [0.4, 0.5) is 5.69 Å². The first-order valence-electron chi connectivity index (χ1n) is 8.56. The maximum atomic E-state index is 13.0. The van der Waals surface area contributed by atoms with Crippen molar-refractivity contribution in [2.45, 2.75) is 44.7 Å². The standard InChI is InChI=1S/C17H25N3O3S/c1-13(12-24(2,22)23)20(14-5-6-14)17(21)16-11-15(7-8-18-16)19-9-3-4-10-19/h7-8,11,13-14H,3-6,9-10,12H2,1-2H3. The lowest BCUT2D eigenvalue weighted by Gasteiger charge is -2.29. The van der Waals surface area contributed by atoms with E-state index in [1.807, 2.05) is 19.1 Å². The van der Waals surface area contributed by atoms with Crippen LogP contribution in [0.15, 0.2) is 18.3 Å². The van der Waals surface area contributed by atoms with Gasteiger partial charge >= 0.3 is 0 Å². The Balaban J connectivity index is 1.81. The van der Waals surface area contributed by atoms with E-state index >= 15 is 0 Å². The molecule has 1 aromatic heterocycles. The minimum Gasteiger partial charge on any atom is -0.371 e. The van der Waals surface area contributed by atoms with E-state index < -0.39 is 9.84 Å². The Kier molecular flexibility index (Phi) is 4.80. The molecule has 0 spiro atoms. The first-order valence-corrected chi connectivity index (χ1v) is 10.6. The Bertz CT molecular complexity index is 710. The molecule has 0 N–H and O–H groups in total. The monoisotopic (exact) mass is 351 g/mol. The summed E-state index contributed by atoms with van der Waals surface area (Å²) in [5.41, 5.74) is 1.43. The number of aromatic nitrogens is 1. The molecule has 2 aliphatic rings. The number of carbonyl (C=O) groups excluding carboxylic acids is 1. The van der Waals surface area contributed by atoms with Crippen molar-refractivity contribution in [3.63, 3.8) is 0 Å². The second-order valence-corrected chi connectivity index (χ2v) is 9.16. The highest BCUT2D eigenvalue weighted by Crippen LogP contribution is 2.31. The van der Waals surface area contributed by atoms with Gasteiger partial charge in [-0.15, -0.1) is 0 Å². The van der Waals surface area contributed by atoms with E-state index in [1.54, 1.807) is 11.1 Å². The highest BCUT2D eigenvalue weighted by molar-refractivity contribution is 7.90. The number of anilines is 1. The Morgan fingerprint density at radius 1 is 1.38 bits per heavy atom. The zero-order valence-corrected chi connectivity index (χ0v) is 15.1. The molecule has 2 heterocycles. The summed E-state index contributed by atoms with van der Waals surface area (Å²) in [6.45, 7) is 3.82. The molecular formula is C17H25N3O3S. The van der Waals surface area contributed by atoms with Gasteiger partial charge in [-0.3, -0.25) is 9.78 Å². The summed E-state index contributed by atoms with van der Waals surface area (Å²) in [5.74, 6) is -0.171. The summed E-state index contributed by atoms with van der Waals surface area (Å²) in [7, 11) is -3.13. The van der Waals surface area contributed by atoms with Gasteiger partial charge in [0.1, 0.15) is 15.5 Å². The number of sulfone groups is 1. The van der Waals surface area contributed by atoms with Crippen molar-refractivity contribution in [1.29, 1.82) is 0 Å². The average Bonchev–Trinajstić information content (AvgIpc) is 3.17. The third-order valence-electron chi connectivity index (χ3n) is 4.63. The Morgan fingerprint density at radius 3 is 2.62 bits per heavy atom. The molecule has 0 bridgehead atoms. The minimum absolute atomic E-state index is 0.0128. The first kappa shape index (κ1) is 17.2. The smallest absolute Gasteiger partial charge is 0.273 e. The van der Waals surface area contributed by atoms with E-state index in [-0.39, 0.29) is 23.7 Å². The molecular weight excluding hydrogens is 326 g/mol. The van der Waals surface area contributed by atoms with Gasteiger partial charge in [0.25, 0.3) is 5.91 Å². The van der Waals surface area contributed by atoms with Crippen molar-refractivity contribution in [3.8, 4) is 0 Å². The number of carbonyl (C=O) groups is 1. The fraction of sp³-hybridized carbons (Fsp3) is 0.647. The van der Waals surface area contributed by atoms with Crippen LogP contribution in [0.25, 0.3) is 0 Å². The van der Waals surface area contributed by atoms with Crippen LogP contribution in [-0.4, -0.2) is 61.4 Å². The van der Waals surface area contributed by atoms with E-state index in [0.29, 0.717) is 5.69 Å². The number of nitrogens with zero attached hydrogens (tertiary/aromatic N) is 3. The molecule has 1 unspecified atom stereocenters. The topological polar surface area (TPSA) is 70.6 Å². The van der Waals surface area contributed by atoms with Crippen LogP contribution < -0.4 is 4.90 Å². The fourth-order valence-corrected chi connectivity index (χ4v) is 4.47. The quantitative estimate of drug-likeness (QED) is 0.780. The maximum absolute atomic E-state index is 13.0. The molecule has 7 heteroatoms. The van der Waals surface area contributed by atoms with Gasteiger partial charge in [-0.1, -0.05) is 0 Å². The molecule has 2 fully saturated rings. The van der Waals surface area contributed by atoms with E-state index in [1.165, 1.54) is 19.1 Å². The molecule has 1 aromatic rings. The van der Waals surface area contributed by atoms with Gasteiger partial charge in [-0.25, -0.2) is 8.42 Å². The molecule has 132 valence electrons. The van der Waals surface area contributed by atoms with Crippen LogP contribution in [0.5, 0.6) is 0 Å². The van der Waals surface area contributed by atoms with Crippen molar-refractivity contribution in [2.75, 3.05) is 30.0 Å². The van der Waals surface area contributed by atoms with E-state index in [4.69, 9.17) is 0 Å². The summed E-state index contributed by atoms with van der Waals surface area (Å²) in [6.07, 6.45) is 7.10. The van der Waals surface area contributed by atoms with Crippen LogP contribution in [0.2, 0.25) is 0 Å². The van der Waals surface area contributed by atoms with E-state index in [9.17, 15) is 13.2 Å². The van der Waals surface area contributed by atoms with Crippen LogP contribution in [0, 0.1) is 0 Å². The molecule has 6 nitrogen and oxygen atoms in total. The van der Waals surface area contributed by atoms with Gasteiger partial charge in [0.2, 0.25) is 0 Å². The summed E-state index contributed by atoms with van der Waals surface area (Å²) >= 11 is 0. The highest BCUT2D eigenvalue weighted by atomic mass is 32.2. The van der Waals surface area contributed by atoms with Gasteiger partial charge in [-0.2, -0.15) is 0 Å². The summed E-state index contributed by atoms with van der Waals surface area (Å²) in [4.78, 5) is 21.2. The largest absolute Gasteiger partial charge is 0.371 e.